The van der Waals surface area contributed by atoms with Gasteiger partial charge in [0.05, 0.1) is 0 Å². The Morgan fingerprint density at radius 1 is 1.14 bits per heavy atom. The molecule has 0 saturated carbocycles. The van der Waals surface area contributed by atoms with Crippen LogP contribution in [0.5, 0.6) is 17.2 Å². The zero-order chi connectivity index (χ0) is 15.6. The zero-order valence-corrected chi connectivity index (χ0v) is 16.1. The summed E-state index contributed by atoms with van der Waals surface area (Å²) in [4.78, 5) is 10.4. The Bertz CT molecular complexity index is 665. The minimum absolute atomic E-state index is 0. The molecule has 0 aliphatic rings. The number of phenolic OH excluding ortho intramolecular Hbond substituents is 1. The Hall–Kier alpha value is -0.620. The van der Waals surface area contributed by atoms with Crippen molar-refractivity contribution in [3.8, 4) is 17.2 Å². The van der Waals surface area contributed by atoms with Gasteiger partial charge in [-0.3, -0.25) is 0 Å². The molecule has 2 aromatic carbocycles. The van der Waals surface area contributed by atoms with Crippen LogP contribution < -0.4 is 39.2 Å². The van der Waals surface area contributed by atoms with Gasteiger partial charge in [0.2, 0.25) is 0 Å². The number of aromatic hydroxyl groups is 1. The molecule has 0 fully saturated rings. The molecule has 0 aromatic heterocycles. The number of benzene rings is 2. The van der Waals surface area contributed by atoms with Crippen molar-refractivity contribution < 1.29 is 53.8 Å². The fraction of sp³-hybridized carbons (Fsp3) is 0.143. The van der Waals surface area contributed by atoms with Gasteiger partial charge in [-0.2, -0.15) is 0 Å². The van der Waals surface area contributed by atoms with E-state index in [9.17, 15) is 19.7 Å². The standard InChI is InChI=1S/C14H15O5PS.Na/c1-9-3-5-11(15)7-13(9)19-20(17,18)21-14-8-12(16)6-4-10(14)2;/h3-8,15-16H,1-2H3,(H,17,18);/q;+1/p-1. The summed E-state index contributed by atoms with van der Waals surface area (Å²) in [5.74, 6) is -0.214. The molecule has 0 aliphatic carbocycles. The van der Waals surface area contributed by atoms with Gasteiger partial charge in [0, 0.05) is 16.3 Å². The maximum absolute atomic E-state index is 12.2. The van der Waals surface area contributed by atoms with Crippen LogP contribution >= 0.6 is 18.2 Å². The van der Waals surface area contributed by atoms with E-state index in [0.717, 1.165) is 5.56 Å². The topological polar surface area (TPSA) is 89.8 Å². The van der Waals surface area contributed by atoms with Crippen LogP contribution in [0.4, 0.5) is 0 Å². The summed E-state index contributed by atoms with van der Waals surface area (Å²) >= 11 is 0.623. The molecule has 0 amide bonds. The average molecular weight is 348 g/mol. The maximum atomic E-state index is 12.2. The molecule has 0 saturated heterocycles. The first-order valence-corrected chi connectivity index (χ1v) is 9.06. The Labute approximate surface area is 154 Å². The van der Waals surface area contributed by atoms with Gasteiger partial charge in [-0.05, 0) is 43.2 Å². The van der Waals surface area contributed by atoms with Gasteiger partial charge in [-0.25, -0.2) is 4.57 Å². The van der Waals surface area contributed by atoms with E-state index >= 15 is 0 Å². The summed E-state index contributed by atoms with van der Waals surface area (Å²) < 4.78 is 17.3. The predicted octanol–water partition coefficient (Wildman–Crippen LogP) is 0.358. The van der Waals surface area contributed by atoms with Gasteiger partial charge in [0.1, 0.15) is 11.5 Å². The second kappa shape index (κ2) is 7.77. The first-order valence-electron chi connectivity index (χ1n) is 6.06. The number of phenols is 1. The number of hydrogen-bond donors (Lipinski definition) is 2. The Balaban J connectivity index is 0.00000242. The first-order chi connectivity index (χ1) is 9.77. The van der Waals surface area contributed by atoms with Crippen molar-refractivity contribution in [1.29, 1.82) is 0 Å². The van der Waals surface area contributed by atoms with E-state index in [1.54, 1.807) is 19.9 Å². The fourth-order valence-electron chi connectivity index (χ4n) is 1.63. The molecular weight excluding hydrogens is 334 g/mol. The predicted molar refractivity (Wildman–Crippen MR) is 79.8 cm³/mol. The van der Waals surface area contributed by atoms with Crippen LogP contribution in [0.3, 0.4) is 0 Å². The van der Waals surface area contributed by atoms with Crippen LogP contribution in [0.15, 0.2) is 41.3 Å². The van der Waals surface area contributed by atoms with Gasteiger partial charge in [-0.1, -0.05) is 18.2 Å². The molecule has 0 bridgehead atoms. The van der Waals surface area contributed by atoms with E-state index in [-0.39, 0.29) is 46.8 Å². The second-order valence-corrected chi connectivity index (χ2v) is 8.20. The van der Waals surface area contributed by atoms with Crippen molar-refractivity contribution in [2.45, 2.75) is 18.7 Å². The molecular formula is C14H14NaO5PS. The molecule has 22 heavy (non-hydrogen) atoms. The molecule has 1 atom stereocenters. The Morgan fingerprint density at radius 2 is 1.77 bits per heavy atom. The molecule has 0 heterocycles. The van der Waals surface area contributed by atoms with E-state index < -0.39 is 6.80 Å². The number of rotatable bonds is 4. The summed E-state index contributed by atoms with van der Waals surface area (Å²) in [6, 6.07) is 8.59. The summed E-state index contributed by atoms with van der Waals surface area (Å²) in [6.07, 6.45) is 0. The normalized spacial score (nSPS) is 13.0. The molecule has 5 nitrogen and oxygen atoms in total. The van der Waals surface area contributed by atoms with E-state index in [1.165, 1.54) is 30.3 Å². The van der Waals surface area contributed by atoms with Crippen molar-refractivity contribution >= 4 is 18.2 Å². The summed E-state index contributed by atoms with van der Waals surface area (Å²) in [5, 5.41) is 20.7. The molecule has 0 spiro atoms. The quantitative estimate of drug-likeness (QED) is 0.613. The summed E-state index contributed by atoms with van der Waals surface area (Å²) in [7, 11) is 0. The minimum Gasteiger partial charge on any atom is -0.872 e. The van der Waals surface area contributed by atoms with Crippen LogP contribution in [0.25, 0.3) is 0 Å². The van der Waals surface area contributed by atoms with Crippen LogP contribution in [-0.2, 0) is 4.57 Å². The third kappa shape index (κ3) is 5.23. The van der Waals surface area contributed by atoms with Crippen LogP contribution in [0.2, 0.25) is 0 Å². The van der Waals surface area contributed by atoms with Crippen molar-refractivity contribution in [2.75, 3.05) is 0 Å². The zero-order valence-electron chi connectivity index (χ0n) is 12.4. The van der Waals surface area contributed by atoms with Gasteiger partial charge in [0.15, 0.2) is 0 Å². The van der Waals surface area contributed by atoms with Crippen molar-refractivity contribution in [3.05, 3.63) is 47.5 Å². The fourth-order valence-corrected chi connectivity index (χ4v) is 4.44. The Kier molecular flexibility index (Phi) is 6.86. The molecule has 0 radical (unpaired) electrons. The maximum Gasteiger partial charge on any atom is 1.00 e. The van der Waals surface area contributed by atoms with Crippen LogP contribution in [-0.4, -0.2) is 10.00 Å². The van der Waals surface area contributed by atoms with E-state index in [4.69, 9.17) is 4.52 Å². The molecule has 2 N–H and O–H groups in total. The smallest absolute Gasteiger partial charge is 0.872 e. The van der Waals surface area contributed by atoms with Crippen molar-refractivity contribution in [1.82, 2.24) is 0 Å². The van der Waals surface area contributed by atoms with Crippen LogP contribution in [0, 0.1) is 13.8 Å². The number of hydrogen-bond acceptors (Lipinski definition) is 5. The molecule has 2 rings (SSSR count). The third-order valence-corrected chi connectivity index (χ3v) is 5.56. The van der Waals surface area contributed by atoms with E-state index in [1.807, 2.05) is 0 Å². The largest absolute Gasteiger partial charge is 1.00 e. The third-order valence-electron chi connectivity index (χ3n) is 2.76. The van der Waals surface area contributed by atoms with E-state index in [0.29, 0.717) is 21.8 Å². The molecule has 8 heteroatoms. The van der Waals surface area contributed by atoms with Gasteiger partial charge < -0.3 is 19.6 Å². The second-order valence-electron chi connectivity index (χ2n) is 4.53. The Morgan fingerprint density at radius 3 is 2.45 bits per heavy atom. The van der Waals surface area contributed by atoms with Crippen molar-refractivity contribution in [3.63, 3.8) is 0 Å². The van der Waals surface area contributed by atoms with Crippen LogP contribution in [0.1, 0.15) is 11.1 Å². The summed E-state index contributed by atoms with van der Waals surface area (Å²) in [6.45, 7) is -0.628. The molecule has 2 aromatic rings. The monoisotopic (exact) mass is 348 g/mol. The average Bonchev–Trinajstić information content (AvgIpc) is 2.37. The SMILES string of the molecule is Cc1ccc([O-])cc1OP(=O)(O)Sc1cc(O)ccc1C.[Na+]. The summed E-state index contributed by atoms with van der Waals surface area (Å²) in [5.41, 5.74) is 1.34. The minimum atomic E-state index is -4.06. The van der Waals surface area contributed by atoms with Gasteiger partial charge in [0.25, 0.3) is 0 Å². The van der Waals surface area contributed by atoms with E-state index in [2.05, 4.69) is 0 Å². The van der Waals surface area contributed by atoms with Gasteiger partial charge >= 0.3 is 36.4 Å². The molecule has 112 valence electrons. The van der Waals surface area contributed by atoms with Gasteiger partial charge in [-0.15, -0.1) is 5.75 Å². The molecule has 0 aliphatic heterocycles. The van der Waals surface area contributed by atoms with Crippen molar-refractivity contribution in [2.24, 2.45) is 0 Å². The number of aryl methyl sites for hydroxylation is 2. The first kappa shape index (κ1) is 19.4. The molecule has 1 unspecified atom stereocenters.